The predicted octanol–water partition coefficient (Wildman–Crippen LogP) is 4.99. The molecule has 0 N–H and O–H groups in total. The quantitative estimate of drug-likeness (QED) is 0.498. The highest BCUT2D eigenvalue weighted by atomic mass is 79.9. The van der Waals surface area contributed by atoms with Crippen LogP contribution in [0.25, 0.3) is 0 Å². The molecule has 1 unspecified atom stereocenters. The molecule has 2 aromatic carbocycles. The molecular weight excluding hydrogens is 366 g/mol. The van der Waals surface area contributed by atoms with Crippen molar-refractivity contribution < 1.29 is 9.53 Å². The summed E-state index contributed by atoms with van der Waals surface area (Å²) in [5, 5.41) is 8.77. The molecule has 0 spiro atoms. The van der Waals surface area contributed by atoms with Gasteiger partial charge in [0.2, 0.25) is 0 Å². The summed E-state index contributed by atoms with van der Waals surface area (Å²) in [6.45, 7) is 0. The molecule has 0 saturated heterocycles. The van der Waals surface area contributed by atoms with Crippen LogP contribution in [0, 0.1) is 11.3 Å². The van der Waals surface area contributed by atoms with E-state index >= 15 is 0 Å². The molecule has 0 amide bonds. The number of rotatable bonds is 7. The molecule has 1 atom stereocenters. The van der Waals surface area contributed by atoms with Crippen LogP contribution in [0.5, 0.6) is 0 Å². The van der Waals surface area contributed by atoms with Crippen molar-refractivity contribution in [3.8, 4) is 6.07 Å². The smallest absolute Gasteiger partial charge is 0.320 e. The average molecular weight is 386 g/mol. The van der Waals surface area contributed by atoms with Gasteiger partial charge < -0.3 is 4.74 Å². The van der Waals surface area contributed by atoms with Gasteiger partial charge in [-0.15, -0.1) is 0 Å². The van der Waals surface area contributed by atoms with Gasteiger partial charge in [-0.3, -0.25) is 4.79 Å². The topological polar surface area (TPSA) is 50.1 Å². The Morgan fingerprint density at radius 2 is 1.71 bits per heavy atom. The maximum atomic E-state index is 12.9. The third-order valence-electron chi connectivity index (χ3n) is 4.23. The number of methoxy groups -OCH3 is 1. The second-order valence-corrected chi connectivity index (χ2v) is 6.55. The van der Waals surface area contributed by atoms with Gasteiger partial charge in [0.1, 0.15) is 5.41 Å². The summed E-state index contributed by atoms with van der Waals surface area (Å²) in [5.41, 5.74) is 0.962. The Kier molecular flexibility index (Phi) is 6.57. The van der Waals surface area contributed by atoms with Crippen molar-refractivity contribution in [3.63, 3.8) is 0 Å². The normalized spacial score (nSPS) is 12.9. The standard InChI is InChI=1S/C20H20BrNO2/c1-24-19(23)20(14-6-3-7-15-22,16-8-4-2-5-9-16)17-10-12-18(21)13-11-17/h2,4-5,8-13H,3,6-7,14H2,1H3. The van der Waals surface area contributed by atoms with Crippen molar-refractivity contribution in [1.82, 2.24) is 0 Å². The van der Waals surface area contributed by atoms with Crippen molar-refractivity contribution in [1.29, 1.82) is 5.26 Å². The Balaban J connectivity index is 2.53. The summed E-state index contributed by atoms with van der Waals surface area (Å²) in [4.78, 5) is 12.9. The first kappa shape index (κ1) is 18.2. The molecule has 2 aromatic rings. The van der Waals surface area contributed by atoms with E-state index in [9.17, 15) is 4.79 Å². The molecule has 0 aromatic heterocycles. The van der Waals surface area contributed by atoms with Crippen molar-refractivity contribution in [2.24, 2.45) is 0 Å². The van der Waals surface area contributed by atoms with E-state index in [-0.39, 0.29) is 5.97 Å². The van der Waals surface area contributed by atoms with Crippen LogP contribution in [0.4, 0.5) is 0 Å². The Hall–Kier alpha value is -2.12. The first-order chi connectivity index (χ1) is 11.6. The van der Waals surface area contributed by atoms with E-state index < -0.39 is 5.41 Å². The number of hydrogen-bond donors (Lipinski definition) is 0. The maximum absolute atomic E-state index is 12.9. The number of unbranched alkanes of at least 4 members (excludes halogenated alkanes) is 2. The van der Waals surface area contributed by atoms with Gasteiger partial charge >= 0.3 is 5.97 Å². The SMILES string of the molecule is COC(=O)C(CCCCC#N)(c1ccccc1)c1ccc(Br)cc1. The van der Waals surface area contributed by atoms with Gasteiger partial charge in [0.15, 0.2) is 0 Å². The number of nitriles is 1. The molecule has 0 aliphatic rings. The summed E-state index contributed by atoms with van der Waals surface area (Å²) in [5.74, 6) is -0.270. The molecule has 0 fully saturated rings. The van der Waals surface area contributed by atoms with Crippen molar-refractivity contribution in [3.05, 3.63) is 70.2 Å². The molecule has 0 aliphatic carbocycles. The number of esters is 1. The fraction of sp³-hybridized carbons (Fsp3) is 0.300. The largest absolute Gasteiger partial charge is 0.468 e. The number of benzene rings is 2. The Bertz CT molecular complexity index is 707. The van der Waals surface area contributed by atoms with Crippen LogP contribution in [0.3, 0.4) is 0 Å². The van der Waals surface area contributed by atoms with Crippen molar-refractivity contribution in [2.45, 2.75) is 31.1 Å². The zero-order valence-electron chi connectivity index (χ0n) is 13.7. The first-order valence-corrected chi connectivity index (χ1v) is 8.71. The lowest BCUT2D eigenvalue weighted by molar-refractivity contribution is -0.146. The molecule has 124 valence electrons. The Labute approximate surface area is 151 Å². The van der Waals surface area contributed by atoms with Crippen LogP contribution >= 0.6 is 15.9 Å². The molecular formula is C20H20BrNO2. The van der Waals surface area contributed by atoms with Crippen molar-refractivity contribution in [2.75, 3.05) is 7.11 Å². The second-order valence-electron chi connectivity index (χ2n) is 5.64. The van der Waals surface area contributed by atoms with Crippen LogP contribution in [0.1, 0.15) is 36.8 Å². The van der Waals surface area contributed by atoms with E-state index in [1.165, 1.54) is 7.11 Å². The number of halogens is 1. The van der Waals surface area contributed by atoms with E-state index in [2.05, 4.69) is 22.0 Å². The molecule has 0 heterocycles. The minimum Gasteiger partial charge on any atom is -0.468 e. The van der Waals surface area contributed by atoms with E-state index in [1.54, 1.807) is 0 Å². The Morgan fingerprint density at radius 1 is 1.08 bits per heavy atom. The maximum Gasteiger partial charge on any atom is 0.320 e. The highest BCUT2D eigenvalue weighted by Crippen LogP contribution is 2.39. The minimum atomic E-state index is -0.855. The molecule has 24 heavy (non-hydrogen) atoms. The van der Waals surface area contributed by atoms with Gasteiger partial charge in [0.25, 0.3) is 0 Å². The summed E-state index contributed by atoms with van der Waals surface area (Å²) < 4.78 is 6.16. The number of hydrogen-bond acceptors (Lipinski definition) is 3. The lowest BCUT2D eigenvalue weighted by Crippen LogP contribution is -2.38. The molecule has 0 saturated carbocycles. The lowest BCUT2D eigenvalue weighted by Gasteiger charge is -2.32. The fourth-order valence-electron chi connectivity index (χ4n) is 3.02. The highest BCUT2D eigenvalue weighted by molar-refractivity contribution is 9.10. The van der Waals surface area contributed by atoms with Gasteiger partial charge in [0, 0.05) is 10.9 Å². The van der Waals surface area contributed by atoms with Crippen LogP contribution in [-0.4, -0.2) is 13.1 Å². The van der Waals surface area contributed by atoms with Gasteiger partial charge in [-0.2, -0.15) is 5.26 Å². The van der Waals surface area contributed by atoms with Crippen LogP contribution < -0.4 is 0 Å². The van der Waals surface area contributed by atoms with E-state index in [0.29, 0.717) is 12.8 Å². The van der Waals surface area contributed by atoms with Gasteiger partial charge in [-0.1, -0.05) is 64.8 Å². The fourth-order valence-corrected chi connectivity index (χ4v) is 3.28. The molecule has 0 aliphatic heterocycles. The zero-order chi connectivity index (χ0) is 17.4. The number of ether oxygens (including phenoxy) is 1. The summed E-state index contributed by atoms with van der Waals surface area (Å²) >= 11 is 3.44. The zero-order valence-corrected chi connectivity index (χ0v) is 15.3. The number of carbonyl (C=O) groups is 1. The highest BCUT2D eigenvalue weighted by Gasteiger charge is 2.42. The Morgan fingerprint density at radius 3 is 2.29 bits per heavy atom. The minimum absolute atomic E-state index is 0.270. The monoisotopic (exact) mass is 385 g/mol. The van der Waals surface area contributed by atoms with E-state index in [1.807, 2.05) is 54.6 Å². The first-order valence-electron chi connectivity index (χ1n) is 7.92. The molecule has 0 radical (unpaired) electrons. The molecule has 2 rings (SSSR count). The van der Waals surface area contributed by atoms with Crippen LogP contribution in [0.15, 0.2) is 59.1 Å². The molecule has 3 nitrogen and oxygen atoms in total. The summed E-state index contributed by atoms with van der Waals surface area (Å²) in [6, 6.07) is 19.7. The van der Waals surface area contributed by atoms with E-state index in [4.69, 9.17) is 10.00 Å². The average Bonchev–Trinajstić information content (AvgIpc) is 2.63. The second kappa shape index (κ2) is 8.65. The summed E-state index contributed by atoms with van der Waals surface area (Å²) in [7, 11) is 1.42. The number of nitrogens with zero attached hydrogens (tertiary/aromatic N) is 1. The van der Waals surface area contributed by atoms with Gasteiger partial charge in [0.05, 0.1) is 13.2 Å². The molecule has 4 heteroatoms. The van der Waals surface area contributed by atoms with E-state index in [0.717, 1.165) is 28.4 Å². The van der Waals surface area contributed by atoms with Crippen molar-refractivity contribution >= 4 is 21.9 Å². The predicted molar refractivity (Wildman–Crippen MR) is 97.5 cm³/mol. The number of carbonyl (C=O) groups excluding carboxylic acids is 1. The van der Waals surface area contributed by atoms with Gasteiger partial charge in [-0.25, -0.2) is 0 Å². The third-order valence-corrected chi connectivity index (χ3v) is 4.76. The summed E-state index contributed by atoms with van der Waals surface area (Å²) in [6.07, 6.45) is 2.63. The van der Waals surface area contributed by atoms with Crippen LogP contribution in [-0.2, 0) is 14.9 Å². The lowest BCUT2D eigenvalue weighted by atomic mass is 9.71. The third kappa shape index (κ3) is 3.85. The van der Waals surface area contributed by atoms with Crippen LogP contribution in [0.2, 0.25) is 0 Å². The van der Waals surface area contributed by atoms with Gasteiger partial charge in [-0.05, 0) is 36.1 Å². The molecule has 0 bridgehead atoms.